The van der Waals surface area contributed by atoms with Crippen molar-refractivity contribution in [3.05, 3.63) is 57.9 Å². The van der Waals surface area contributed by atoms with Crippen molar-refractivity contribution in [2.45, 2.75) is 12.5 Å². The van der Waals surface area contributed by atoms with Gasteiger partial charge in [-0.15, -0.1) is 13.2 Å². The van der Waals surface area contributed by atoms with Gasteiger partial charge in [0.1, 0.15) is 5.69 Å². The number of hydrogen-bond donors (Lipinski definition) is 1. The predicted molar refractivity (Wildman–Crippen MR) is 74.5 cm³/mol. The monoisotopic (exact) mass is 384 g/mol. The van der Waals surface area contributed by atoms with Crippen molar-refractivity contribution in [2.24, 2.45) is 0 Å². The van der Waals surface area contributed by atoms with E-state index in [2.05, 4.69) is 10.1 Å². The van der Waals surface area contributed by atoms with Crippen LogP contribution in [0.4, 0.5) is 47.8 Å². The molecule has 0 unspecified atom stereocenters. The van der Waals surface area contributed by atoms with Crippen LogP contribution in [-0.2, 0) is 6.18 Å². The first-order valence-corrected chi connectivity index (χ1v) is 6.55. The number of benzene rings is 2. The van der Waals surface area contributed by atoms with Gasteiger partial charge in [0.25, 0.3) is 5.69 Å². The highest BCUT2D eigenvalue weighted by molar-refractivity contribution is 5.70. The maximum atomic E-state index is 13.6. The SMILES string of the molecule is O=[N+]([O-])c1ccc(C(F)(F)F)cc1Nc1ccc(OC(F)(F)F)c(F)c1. The number of hydrogen-bond acceptors (Lipinski definition) is 4. The zero-order chi connectivity index (χ0) is 19.7. The van der Waals surface area contributed by atoms with E-state index in [4.69, 9.17) is 0 Å². The number of nitrogens with one attached hydrogen (secondary N) is 1. The van der Waals surface area contributed by atoms with E-state index in [1.807, 2.05) is 0 Å². The molecule has 0 amide bonds. The van der Waals surface area contributed by atoms with Gasteiger partial charge in [-0.25, -0.2) is 4.39 Å². The third kappa shape index (κ3) is 4.74. The molecule has 0 saturated heterocycles. The minimum absolute atomic E-state index is 0.320. The van der Waals surface area contributed by atoms with E-state index in [0.29, 0.717) is 30.3 Å². The fraction of sp³-hybridized carbons (Fsp3) is 0.143. The molecule has 0 heterocycles. The van der Waals surface area contributed by atoms with Crippen molar-refractivity contribution in [2.75, 3.05) is 5.32 Å². The molecule has 0 aliphatic heterocycles. The fourth-order valence-electron chi connectivity index (χ4n) is 1.91. The summed E-state index contributed by atoms with van der Waals surface area (Å²) in [5.41, 5.74) is -2.88. The molecule has 26 heavy (non-hydrogen) atoms. The third-order valence-electron chi connectivity index (χ3n) is 2.96. The van der Waals surface area contributed by atoms with E-state index in [1.54, 1.807) is 0 Å². The molecule has 0 atom stereocenters. The van der Waals surface area contributed by atoms with Crippen LogP contribution in [0.5, 0.6) is 5.75 Å². The molecule has 5 nitrogen and oxygen atoms in total. The summed E-state index contributed by atoms with van der Waals surface area (Å²) in [6.07, 6.45) is -9.93. The lowest BCUT2D eigenvalue weighted by Gasteiger charge is -2.13. The highest BCUT2D eigenvalue weighted by Gasteiger charge is 2.33. The second-order valence-electron chi connectivity index (χ2n) is 4.80. The number of nitrogens with zero attached hydrogens (tertiary/aromatic N) is 1. The topological polar surface area (TPSA) is 64.4 Å². The van der Waals surface area contributed by atoms with Crippen LogP contribution in [0.25, 0.3) is 0 Å². The molecule has 0 bridgehead atoms. The van der Waals surface area contributed by atoms with Gasteiger partial charge >= 0.3 is 12.5 Å². The summed E-state index contributed by atoms with van der Waals surface area (Å²) >= 11 is 0. The predicted octanol–water partition coefficient (Wildman–Crippen LogP) is 5.39. The van der Waals surface area contributed by atoms with Crippen molar-refractivity contribution in [1.29, 1.82) is 0 Å². The first-order valence-electron chi connectivity index (χ1n) is 6.55. The number of halogens is 7. The number of ether oxygens (including phenoxy) is 1. The molecule has 0 aromatic heterocycles. The molecule has 0 radical (unpaired) electrons. The average molecular weight is 384 g/mol. The Morgan fingerprint density at radius 1 is 1.00 bits per heavy atom. The molecule has 12 heteroatoms. The maximum absolute atomic E-state index is 13.6. The molecular formula is C14H7F7N2O3. The summed E-state index contributed by atoms with van der Waals surface area (Å²) < 4.78 is 91.5. The van der Waals surface area contributed by atoms with Gasteiger partial charge in [-0.3, -0.25) is 10.1 Å². The number of alkyl halides is 6. The van der Waals surface area contributed by atoms with Crippen LogP contribution in [0, 0.1) is 15.9 Å². The summed E-state index contributed by atoms with van der Waals surface area (Å²) in [4.78, 5) is 9.94. The molecule has 0 fully saturated rings. The van der Waals surface area contributed by atoms with Crippen LogP contribution in [-0.4, -0.2) is 11.3 Å². The Kier molecular flexibility index (Phi) is 4.96. The minimum Gasteiger partial charge on any atom is -0.403 e. The van der Waals surface area contributed by atoms with Crippen molar-refractivity contribution in [3.63, 3.8) is 0 Å². The van der Waals surface area contributed by atoms with Crippen LogP contribution in [0.1, 0.15) is 5.56 Å². The van der Waals surface area contributed by atoms with Gasteiger partial charge in [-0.05, 0) is 24.3 Å². The highest BCUT2D eigenvalue weighted by atomic mass is 19.4. The molecule has 0 saturated carbocycles. The molecular weight excluding hydrogens is 377 g/mol. The fourth-order valence-corrected chi connectivity index (χ4v) is 1.91. The Morgan fingerprint density at radius 3 is 2.15 bits per heavy atom. The van der Waals surface area contributed by atoms with E-state index in [9.17, 15) is 40.8 Å². The lowest BCUT2D eigenvalue weighted by Crippen LogP contribution is -2.18. The van der Waals surface area contributed by atoms with E-state index in [1.165, 1.54) is 0 Å². The Hall–Kier alpha value is -3.05. The van der Waals surface area contributed by atoms with Crippen LogP contribution in [0.3, 0.4) is 0 Å². The van der Waals surface area contributed by atoms with Gasteiger partial charge < -0.3 is 10.1 Å². The van der Waals surface area contributed by atoms with Crippen molar-refractivity contribution in [1.82, 2.24) is 0 Å². The van der Waals surface area contributed by atoms with E-state index in [-0.39, 0.29) is 5.69 Å². The van der Waals surface area contributed by atoms with Crippen LogP contribution in [0.2, 0.25) is 0 Å². The summed E-state index contributed by atoms with van der Waals surface area (Å²) in [6.45, 7) is 0. The second kappa shape index (κ2) is 6.69. The van der Waals surface area contributed by atoms with Gasteiger partial charge in [0.15, 0.2) is 11.6 Å². The van der Waals surface area contributed by atoms with Gasteiger partial charge in [-0.2, -0.15) is 13.2 Å². The van der Waals surface area contributed by atoms with Crippen LogP contribution >= 0.6 is 0 Å². The van der Waals surface area contributed by atoms with Gasteiger partial charge in [-0.1, -0.05) is 0 Å². The van der Waals surface area contributed by atoms with E-state index < -0.39 is 46.0 Å². The molecule has 0 spiro atoms. The molecule has 140 valence electrons. The first-order chi connectivity index (χ1) is 11.9. The number of rotatable bonds is 4. The Morgan fingerprint density at radius 2 is 1.65 bits per heavy atom. The zero-order valence-electron chi connectivity index (χ0n) is 12.3. The molecule has 1 N–H and O–H groups in total. The third-order valence-corrected chi connectivity index (χ3v) is 2.96. The summed E-state index contributed by atoms with van der Waals surface area (Å²) in [7, 11) is 0. The summed E-state index contributed by atoms with van der Waals surface area (Å²) in [5, 5.41) is 13.1. The Labute approximate surface area is 140 Å². The maximum Gasteiger partial charge on any atom is 0.573 e. The number of anilines is 2. The second-order valence-corrected chi connectivity index (χ2v) is 4.80. The highest BCUT2D eigenvalue weighted by Crippen LogP contribution is 2.36. The zero-order valence-corrected chi connectivity index (χ0v) is 12.3. The van der Waals surface area contributed by atoms with Gasteiger partial charge in [0.05, 0.1) is 10.5 Å². The summed E-state index contributed by atoms with van der Waals surface area (Å²) in [5.74, 6) is -2.64. The van der Waals surface area contributed by atoms with Crippen molar-refractivity contribution < 1.29 is 40.4 Å². The average Bonchev–Trinajstić information content (AvgIpc) is 2.47. The smallest absolute Gasteiger partial charge is 0.403 e. The van der Waals surface area contributed by atoms with Crippen molar-refractivity contribution >= 4 is 17.1 Å². The molecule has 0 aliphatic carbocycles. The van der Waals surface area contributed by atoms with Crippen LogP contribution < -0.4 is 10.1 Å². The van der Waals surface area contributed by atoms with E-state index in [0.717, 1.165) is 6.07 Å². The first kappa shape index (κ1) is 19.3. The molecule has 2 rings (SSSR count). The lowest BCUT2D eigenvalue weighted by molar-refractivity contribution is -0.384. The molecule has 0 aliphatic rings. The number of nitro benzene ring substituents is 1. The summed E-state index contributed by atoms with van der Waals surface area (Å²) in [6, 6.07) is 3.44. The normalized spacial score (nSPS) is 12.0. The van der Waals surface area contributed by atoms with E-state index >= 15 is 0 Å². The largest absolute Gasteiger partial charge is 0.573 e. The van der Waals surface area contributed by atoms with Gasteiger partial charge in [0.2, 0.25) is 0 Å². The lowest BCUT2D eigenvalue weighted by atomic mass is 10.1. The van der Waals surface area contributed by atoms with Crippen molar-refractivity contribution in [3.8, 4) is 5.75 Å². The number of nitro groups is 1. The Bertz CT molecular complexity index is 834. The standard InChI is InChI=1S/C14H7F7N2O3/c15-9-6-8(2-4-12(9)26-14(19,20)21)22-10-5-7(13(16,17)18)1-3-11(10)23(24)25/h1-6,22H. The molecule has 2 aromatic rings. The quantitative estimate of drug-likeness (QED) is 0.436. The minimum atomic E-state index is -5.14. The molecule has 2 aromatic carbocycles. The van der Waals surface area contributed by atoms with Crippen LogP contribution in [0.15, 0.2) is 36.4 Å². The Balaban J connectivity index is 2.38. The van der Waals surface area contributed by atoms with Gasteiger partial charge in [0, 0.05) is 17.8 Å².